The van der Waals surface area contributed by atoms with Crippen LogP contribution in [-0.2, 0) is 21.7 Å². The number of hydrogen-bond acceptors (Lipinski definition) is 4. The predicted octanol–water partition coefficient (Wildman–Crippen LogP) is 37.9. The Bertz CT molecular complexity index is 10100. The van der Waals surface area contributed by atoms with Crippen LogP contribution in [0.1, 0.15) is 195 Å². The Balaban J connectivity index is 0.000000163. The summed E-state index contributed by atoms with van der Waals surface area (Å²) in [7, 11) is 0. The van der Waals surface area contributed by atoms with Gasteiger partial charge in [-0.3, -0.25) is 0 Å². The lowest BCUT2D eigenvalue weighted by Gasteiger charge is -2.28. The average Bonchev–Trinajstić information content (AvgIpc) is 1.51. The number of fused-ring (bicyclic) bond motifs is 24. The van der Waals surface area contributed by atoms with Gasteiger partial charge in [0.25, 0.3) is 0 Å². The first-order valence-corrected chi connectivity index (χ1v) is 48.5. The quantitative estimate of drug-likeness (QED) is 0.109. The molecule has 0 spiro atoms. The lowest BCUT2D eigenvalue weighted by molar-refractivity contribution is 0.591. The zero-order valence-corrected chi connectivity index (χ0v) is 81.8. The number of nitrogens with zero attached hydrogens (tertiary/aromatic N) is 8. The summed E-state index contributed by atoms with van der Waals surface area (Å²) >= 11 is 0. The molecule has 26 aromatic rings. The van der Waals surface area contributed by atoms with E-state index in [0.29, 0.717) is 45.5 Å². The fourth-order valence-electron chi connectivity index (χ4n) is 22.3. The van der Waals surface area contributed by atoms with Gasteiger partial charge >= 0.3 is 0 Å². The molecule has 0 atom stereocenters. The molecule has 0 unspecified atom stereocenters. The van der Waals surface area contributed by atoms with Crippen LogP contribution in [0, 0.1) is 13.8 Å². The molecule has 0 saturated carbocycles. The molecule has 0 bridgehead atoms. The Morgan fingerprint density at radius 2 is 0.450 bits per heavy atom. The van der Waals surface area contributed by atoms with Gasteiger partial charge in [0.2, 0.25) is 0 Å². The summed E-state index contributed by atoms with van der Waals surface area (Å²) in [6, 6.07) is 76.4. The van der Waals surface area contributed by atoms with Crippen molar-refractivity contribution in [3.05, 3.63) is 408 Å². The van der Waals surface area contributed by atoms with E-state index in [0.717, 1.165) is 197 Å². The van der Waals surface area contributed by atoms with Crippen LogP contribution in [-0.4, -0.2) is 17.6 Å². The highest BCUT2D eigenvalue weighted by Gasteiger charge is 2.35. The lowest BCUT2D eigenvalue weighted by Crippen LogP contribution is -2.12. The zero-order chi connectivity index (χ0) is 113. The van der Waals surface area contributed by atoms with Gasteiger partial charge in [-0.05, 0) is 274 Å². The Morgan fingerprint density at radius 1 is 0.214 bits per heavy atom. The van der Waals surface area contributed by atoms with Gasteiger partial charge in [-0.2, -0.15) is 0 Å². The van der Waals surface area contributed by atoms with E-state index in [-0.39, 0.29) is 105 Å². The highest BCUT2D eigenvalue weighted by Crippen LogP contribution is 2.57. The van der Waals surface area contributed by atoms with Crippen molar-refractivity contribution in [3.8, 4) is 0 Å². The summed E-state index contributed by atoms with van der Waals surface area (Å²) in [6.45, 7) is 38.8. The van der Waals surface area contributed by atoms with E-state index in [1.165, 1.54) is 0 Å². The Labute approximate surface area is 846 Å². The van der Waals surface area contributed by atoms with Gasteiger partial charge in [0.1, 0.15) is 0 Å². The molecule has 26 rings (SSSR count). The molecule has 0 fully saturated rings. The first-order chi connectivity index (χ1) is 75.8. The van der Waals surface area contributed by atoms with E-state index in [1.807, 2.05) is 155 Å². The highest BCUT2D eigenvalue weighted by atomic mass is 15.2. The standard InChI is InChI=1S/C68H62N4.C64H54N4/c1-41(2)43-21-27-49(28-22-43)69(47-17-13-11-14-18-47)59-35-31-51-53-39-62-54(40-61(53)71-57-33-25-45(67(5,6)7)37-55(57)63(59)65(51)71)52-32-36-60(64-56-38-46(68(8,9)10)26-34-58(56)72(62)66(52)64)70(48-19-15-12-16-20-48)50-29-23-44(24-30-50)42(3)4;1-39-19-15-17-25-51(39)65(43-21-11-9-12-22-43)55-33-29-45-47-37-58-48(38-57(47)67-53-31-27-41(63(3,4)5)35-49(53)59(55)61(45)67)46-30-34-56(66(44-23-13-10-14-24-44)52-26-18-16-20-40(52)2)60-50-36-42(64(6,7)8)28-32-54(50)68(58)62(46)60/h11-42H,1-10H3;9-38H,1-8H3/i11D,12D,13D,14D,15D,16D,17D,18D,19D,20D;9D,10D,11D,12D,13D,14D,21D,22D,23D,24D. The zero-order valence-electron chi connectivity index (χ0n) is 102. The molecule has 684 valence electrons. The molecular weight excluding hydrogens is 1700 g/mol. The highest BCUT2D eigenvalue weighted by molar-refractivity contribution is 6.35. The van der Waals surface area contributed by atoms with E-state index in [9.17, 15) is 11.0 Å². The Morgan fingerprint density at radius 3 is 0.686 bits per heavy atom. The minimum Gasteiger partial charge on any atom is -0.310 e. The van der Waals surface area contributed by atoms with Crippen LogP contribution in [0.3, 0.4) is 0 Å². The van der Waals surface area contributed by atoms with Crippen LogP contribution in [0.4, 0.5) is 68.2 Å². The monoisotopic (exact) mass is 1830 g/mol. The second-order valence-electron chi connectivity index (χ2n) is 42.8. The normalized spacial score (nSPS) is 14.8. The summed E-state index contributed by atoms with van der Waals surface area (Å²) in [4.78, 5) is 7.43. The number of aryl methyl sites for hydroxylation is 2. The second-order valence-corrected chi connectivity index (χ2v) is 42.8. The summed E-state index contributed by atoms with van der Waals surface area (Å²) in [5.74, 6) is 0.485. The smallest absolute Gasteiger partial charge is 0.0645 e. The molecule has 18 aromatic carbocycles. The molecule has 8 heterocycles. The molecule has 0 radical (unpaired) electrons. The fraction of sp³-hybridized carbons (Fsp3) is 0.182. The van der Waals surface area contributed by atoms with Crippen molar-refractivity contribution in [2.75, 3.05) is 19.6 Å². The molecule has 0 saturated heterocycles. The van der Waals surface area contributed by atoms with Crippen LogP contribution in [0.25, 0.3) is 152 Å². The van der Waals surface area contributed by atoms with Gasteiger partial charge in [0.05, 0.1) is 116 Å². The van der Waals surface area contributed by atoms with Crippen molar-refractivity contribution >= 4 is 221 Å². The van der Waals surface area contributed by atoms with Gasteiger partial charge < -0.3 is 37.2 Å². The molecule has 8 heteroatoms. The molecule has 0 aliphatic rings. The van der Waals surface area contributed by atoms with Crippen molar-refractivity contribution in [2.24, 2.45) is 0 Å². The maximum Gasteiger partial charge on any atom is 0.0645 e. The van der Waals surface area contributed by atoms with Crippen LogP contribution in [0.2, 0.25) is 0 Å². The Kier molecular flexibility index (Phi) is 15.0. The van der Waals surface area contributed by atoms with Crippen molar-refractivity contribution in [2.45, 2.75) is 158 Å². The molecular formula is C132H116N8. The van der Waals surface area contributed by atoms with E-state index in [2.05, 4.69) is 250 Å². The van der Waals surface area contributed by atoms with E-state index in [1.54, 1.807) is 0 Å². The third-order valence-corrected chi connectivity index (χ3v) is 29.5. The van der Waals surface area contributed by atoms with Crippen LogP contribution in [0.5, 0.6) is 0 Å². The lowest BCUT2D eigenvalue weighted by atomic mass is 9.86. The van der Waals surface area contributed by atoms with E-state index < -0.39 is 72.5 Å². The van der Waals surface area contributed by atoms with Crippen LogP contribution < -0.4 is 19.6 Å². The topological polar surface area (TPSA) is 30.6 Å². The molecule has 0 amide bonds. The number of anilines is 12. The second kappa shape index (κ2) is 31.4. The largest absolute Gasteiger partial charge is 0.310 e. The van der Waals surface area contributed by atoms with E-state index in [4.69, 9.17) is 16.4 Å². The Hall–Kier alpha value is -15.6. The van der Waals surface area contributed by atoms with Gasteiger partial charge in [-0.15, -0.1) is 0 Å². The molecule has 8 nitrogen and oxygen atoms in total. The molecule has 8 aromatic heterocycles. The van der Waals surface area contributed by atoms with E-state index >= 15 is 0 Å². The number of benzene rings is 18. The summed E-state index contributed by atoms with van der Waals surface area (Å²) in [5, 5.41) is 15.4. The van der Waals surface area contributed by atoms with Crippen molar-refractivity contribution in [1.82, 2.24) is 17.6 Å². The first kappa shape index (κ1) is 66.8. The fourth-order valence-corrected chi connectivity index (χ4v) is 22.3. The summed E-state index contributed by atoms with van der Waals surface area (Å²) in [6.07, 6.45) is 0. The average molecular weight is 1830 g/mol. The van der Waals surface area contributed by atoms with Crippen LogP contribution >= 0.6 is 0 Å². The molecule has 140 heavy (non-hydrogen) atoms. The van der Waals surface area contributed by atoms with Gasteiger partial charge in [-0.25, -0.2) is 0 Å². The van der Waals surface area contributed by atoms with Gasteiger partial charge in [0, 0.05) is 132 Å². The molecule has 0 aliphatic carbocycles. The summed E-state index contributed by atoms with van der Waals surface area (Å²) < 4.78 is 190. The van der Waals surface area contributed by atoms with Crippen molar-refractivity contribution in [3.63, 3.8) is 0 Å². The number of para-hydroxylation sites is 6. The number of hydrogen-bond donors (Lipinski definition) is 0. The number of aromatic nitrogens is 4. The third kappa shape index (κ3) is 13.1. The minimum absolute atomic E-state index is 0.0627. The van der Waals surface area contributed by atoms with Crippen molar-refractivity contribution in [1.29, 1.82) is 0 Å². The molecule has 0 N–H and O–H groups in total. The number of rotatable bonds is 14. The SMILES string of the molecule is [2H]c1c([2H])c([2H])c(N(c2ccc(C(C)C)cc2)c2ccc3c4cc5c(cc4n4c6ccc(C(C)(C)C)cc6c2c34)c2ccc(N(c3ccc(C(C)C)cc3)c3c([2H])c([2H])c([2H])c([2H])c3[2H])c3c4cc(C(C)(C)C)ccc4n5c23)c([2H])c1[2H].[2H]c1c([2H])c([2H])c(N(c2ccccc2C)c2ccc3c4cc5c(cc4n4c6ccc(C(C)(C)C)cc6c2c34)c2ccc(N(c3ccccc3C)c3c([2H])c([2H])c([2H])c([2H])c3[2H])c3c4cc(C(C)(C)C)ccc4n5c23)c([2H])c1[2H]. The first-order valence-electron chi connectivity index (χ1n) is 58.5. The van der Waals surface area contributed by atoms with Crippen molar-refractivity contribution < 1.29 is 27.4 Å². The predicted molar refractivity (Wildman–Crippen MR) is 603 cm³/mol. The van der Waals surface area contributed by atoms with Crippen LogP contribution in [0.15, 0.2) is 364 Å². The molecule has 0 aliphatic heterocycles. The summed E-state index contributed by atoms with van der Waals surface area (Å²) in [5.41, 5.74) is 24.7. The van der Waals surface area contributed by atoms with Gasteiger partial charge in [-0.1, -0.05) is 292 Å². The maximum absolute atomic E-state index is 9.42. The maximum atomic E-state index is 9.42. The third-order valence-electron chi connectivity index (χ3n) is 29.5. The minimum atomic E-state index is -0.454. The van der Waals surface area contributed by atoms with Gasteiger partial charge in [0.15, 0.2) is 0 Å².